The Hall–Kier alpha value is -3.13. The van der Waals surface area contributed by atoms with Gasteiger partial charge in [-0.05, 0) is 18.2 Å². The van der Waals surface area contributed by atoms with E-state index >= 15 is 0 Å². The van der Waals surface area contributed by atoms with E-state index in [9.17, 15) is 28.5 Å². The van der Waals surface area contributed by atoms with E-state index in [1.54, 1.807) is 0 Å². The molecule has 1 aliphatic rings. The summed E-state index contributed by atoms with van der Waals surface area (Å²) in [7, 11) is 4.14. The van der Waals surface area contributed by atoms with Crippen LogP contribution < -0.4 is 14.2 Å². The summed E-state index contributed by atoms with van der Waals surface area (Å²) in [5, 5.41) is 33.4. The number of hydrogen-bond acceptors (Lipinski definition) is 9. The number of nitrogens with zero attached hydrogens (tertiary/aromatic N) is 3. The van der Waals surface area contributed by atoms with Crippen LogP contribution in [0.1, 0.15) is 11.8 Å². The molecule has 13 heteroatoms. The van der Waals surface area contributed by atoms with Crippen LogP contribution in [0.2, 0.25) is 0 Å². The van der Waals surface area contributed by atoms with Gasteiger partial charge in [-0.15, -0.1) is 0 Å². The van der Waals surface area contributed by atoms with Crippen LogP contribution >= 0.6 is 0 Å². The Labute approximate surface area is 191 Å². The SMILES string of the molecule is COc1cc(-c2cc(C(F)(F)F)c3cnn(C4OC(CO)C(O)C4O)c3n2)cc(OC)c1OC. The molecule has 34 heavy (non-hydrogen) atoms. The number of methoxy groups -OCH3 is 3. The Kier molecular flexibility index (Phi) is 6.29. The van der Waals surface area contributed by atoms with Crippen molar-refractivity contribution in [2.75, 3.05) is 27.9 Å². The number of pyridine rings is 1. The molecule has 0 spiro atoms. The van der Waals surface area contributed by atoms with Gasteiger partial charge in [0.05, 0.1) is 50.8 Å². The molecule has 184 valence electrons. The third kappa shape index (κ3) is 3.90. The van der Waals surface area contributed by atoms with Crippen molar-refractivity contribution in [1.29, 1.82) is 0 Å². The lowest BCUT2D eigenvalue weighted by atomic mass is 10.1. The number of aliphatic hydroxyl groups is 3. The van der Waals surface area contributed by atoms with Gasteiger partial charge < -0.3 is 34.3 Å². The summed E-state index contributed by atoms with van der Waals surface area (Å²) in [4.78, 5) is 4.35. The second-order valence-electron chi connectivity index (χ2n) is 7.52. The van der Waals surface area contributed by atoms with Gasteiger partial charge in [0, 0.05) is 5.56 Å². The minimum Gasteiger partial charge on any atom is -0.493 e. The average molecular weight is 485 g/mol. The predicted molar refractivity (Wildman–Crippen MR) is 111 cm³/mol. The zero-order chi connectivity index (χ0) is 24.8. The van der Waals surface area contributed by atoms with Gasteiger partial charge >= 0.3 is 6.18 Å². The Morgan fingerprint density at radius 2 is 1.68 bits per heavy atom. The molecule has 10 nitrogen and oxygen atoms in total. The molecule has 3 N–H and O–H groups in total. The fourth-order valence-electron chi connectivity index (χ4n) is 3.90. The summed E-state index contributed by atoms with van der Waals surface area (Å²) < 4.78 is 64.2. The van der Waals surface area contributed by atoms with E-state index < -0.39 is 42.9 Å². The quantitative estimate of drug-likeness (QED) is 0.478. The van der Waals surface area contributed by atoms with E-state index in [-0.39, 0.29) is 39.5 Å². The van der Waals surface area contributed by atoms with Crippen LogP contribution in [0.25, 0.3) is 22.3 Å². The van der Waals surface area contributed by atoms with E-state index in [4.69, 9.17) is 18.9 Å². The molecule has 3 aromatic rings. The second kappa shape index (κ2) is 8.91. The number of benzene rings is 1. The lowest BCUT2D eigenvalue weighted by Gasteiger charge is -2.18. The minimum atomic E-state index is -4.76. The van der Waals surface area contributed by atoms with Gasteiger partial charge in [0.2, 0.25) is 5.75 Å². The summed E-state index contributed by atoms with van der Waals surface area (Å²) in [5.74, 6) is 0.677. The first-order valence-electron chi connectivity index (χ1n) is 10.0. The van der Waals surface area contributed by atoms with Gasteiger partial charge in [0.1, 0.15) is 18.3 Å². The lowest BCUT2D eigenvalue weighted by Crippen LogP contribution is -2.33. The fraction of sp³-hybridized carbons (Fsp3) is 0.429. The first kappa shape index (κ1) is 24.0. The van der Waals surface area contributed by atoms with E-state index in [2.05, 4.69) is 10.1 Å². The zero-order valence-corrected chi connectivity index (χ0v) is 18.3. The number of fused-ring (bicyclic) bond motifs is 1. The number of halogens is 3. The van der Waals surface area contributed by atoms with Crippen molar-refractivity contribution in [1.82, 2.24) is 14.8 Å². The molecule has 4 unspecified atom stereocenters. The van der Waals surface area contributed by atoms with Gasteiger partial charge in [-0.3, -0.25) is 0 Å². The summed E-state index contributed by atoms with van der Waals surface area (Å²) >= 11 is 0. The zero-order valence-electron chi connectivity index (χ0n) is 18.3. The highest BCUT2D eigenvalue weighted by Gasteiger charge is 2.45. The summed E-state index contributed by atoms with van der Waals surface area (Å²) in [6.45, 7) is -0.605. The molecule has 1 saturated heterocycles. The lowest BCUT2D eigenvalue weighted by molar-refractivity contribution is -0.136. The van der Waals surface area contributed by atoms with Gasteiger partial charge in [-0.25, -0.2) is 9.67 Å². The number of aromatic nitrogens is 3. The van der Waals surface area contributed by atoms with Crippen molar-refractivity contribution in [2.45, 2.75) is 30.7 Å². The Morgan fingerprint density at radius 3 is 2.18 bits per heavy atom. The number of rotatable bonds is 6. The standard InChI is InChI=1S/C21H22F3N3O7/c1-31-13-4-9(5-14(32-2)18(13)33-3)12-6-11(21(22,23)24)10-7-25-27(19(10)26-12)20-17(30)16(29)15(8-28)34-20/h4-7,15-17,20,28-30H,8H2,1-3H3. The highest BCUT2D eigenvalue weighted by molar-refractivity contribution is 5.84. The van der Waals surface area contributed by atoms with Crippen LogP contribution in [0.15, 0.2) is 24.4 Å². The highest BCUT2D eigenvalue weighted by atomic mass is 19.4. The first-order chi connectivity index (χ1) is 16.1. The first-order valence-corrected chi connectivity index (χ1v) is 10.0. The molecule has 0 saturated carbocycles. The monoisotopic (exact) mass is 485 g/mol. The molecule has 0 amide bonds. The highest BCUT2D eigenvalue weighted by Crippen LogP contribution is 2.43. The van der Waals surface area contributed by atoms with Crippen LogP contribution in [0, 0.1) is 0 Å². The van der Waals surface area contributed by atoms with E-state index in [0.717, 1.165) is 16.9 Å². The van der Waals surface area contributed by atoms with Crippen LogP contribution in [0.5, 0.6) is 17.2 Å². The van der Waals surface area contributed by atoms with Gasteiger partial charge in [-0.2, -0.15) is 18.3 Å². The molecular weight excluding hydrogens is 463 g/mol. The predicted octanol–water partition coefficient (Wildman–Crippen LogP) is 1.75. The maximum absolute atomic E-state index is 14.0. The largest absolute Gasteiger partial charge is 0.493 e. The Bertz CT molecular complexity index is 1180. The normalized spacial score (nSPS) is 22.9. The maximum atomic E-state index is 14.0. The summed E-state index contributed by atoms with van der Waals surface area (Å²) in [6.07, 6.45) is -9.32. The number of alkyl halides is 3. The molecular formula is C21H22F3N3O7. The molecule has 4 atom stereocenters. The summed E-state index contributed by atoms with van der Waals surface area (Å²) in [6, 6.07) is 3.76. The van der Waals surface area contributed by atoms with E-state index in [0.29, 0.717) is 0 Å². The van der Waals surface area contributed by atoms with Crippen LogP contribution in [-0.4, -0.2) is 76.3 Å². The molecule has 0 aliphatic carbocycles. The fourth-order valence-corrected chi connectivity index (χ4v) is 3.90. The van der Waals surface area contributed by atoms with Crippen LogP contribution in [-0.2, 0) is 10.9 Å². The summed E-state index contributed by atoms with van der Waals surface area (Å²) in [5.41, 5.74) is -1.11. The number of hydrogen-bond donors (Lipinski definition) is 3. The third-order valence-corrected chi connectivity index (χ3v) is 5.59. The van der Waals surface area contributed by atoms with Crippen molar-refractivity contribution in [3.8, 4) is 28.5 Å². The molecule has 2 aromatic heterocycles. The Balaban J connectivity index is 1.94. The van der Waals surface area contributed by atoms with Crippen molar-refractivity contribution < 1.29 is 47.4 Å². The molecule has 3 heterocycles. The molecule has 1 aliphatic heterocycles. The number of aliphatic hydroxyl groups excluding tert-OH is 3. The molecule has 0 radical (unpaired) electrons. The van der Waals surface area contributed by atoms with Gasteiger partial charge in [0.25, 0.3) is 0 Å². The van der Waals surface area contributed by atoms with Crippen LogP contribution in [0.3, 0.4) is 0 Å². The second-order valence-corrected chi connectivity index (χ2v) is 7.52. The smallest absolute Gasteiger partial charge is 0.417 e. The topological polar surface area (TPSA) is 128 Å². The molecule has 4 rings (SSSR count). The maximum Gasteiger partial charge on any atom is 0.417 e. The van der Waals surface area contributed by atoms with Crippen molar-refractivity contribution in [3.05, 3.63) is 30.0 Å². The average Bonchev–Trinajstić information content (AvgIpc) is 3.37. The van der Waals surface area contributed by atoms with Gasteiger partial charge in [-0.1, -0.05) is 0 Å². The van der Waals surface area contributed by atoms with E-state index in [1.807, 2.05) is 0 Å². The van der Waals surface area contributed by atoms with Crippen LogP contribution in [0.4, 0.5) is 13.2 Å². The van der Waals surface area contributed by atoms with Crippen molar-refractivity contribution in [2.24, 2.45) is 0 Å². The molecule has 1 aromatic carbocycles. The van der Waals surface area contributed by atoms with E-state index in [1.165, 1.54) is 33.5 Å². The minimum absolute atomic E-state index is 0.0902. The van der Waals surface area contributed by atoms with Crippen molar-refractivity contribution >= 4 is 11.0 Å². The molecule has 0 bridgehead atoms. The third-order valence-electron chi connectivity index (χ3n) is 5.59. The number of ether oxygens (including phenoxy) is 4. The molecule has 1 fully saturated rings. The Morgan fingerprint density at radius 1 is 1.03 bits per heavy atom. The van der Waals surface area contributed by atoms with Gasteiger partial charge in [0.15, 0.2) is 23.4 Å². The van der Waals surface area contributed by atoms with Crippen molar-refractivity contribution in [3.63, 3.8) is 0 Å².